The van der Waals surface area contributed by atoms with Crippen molar-refractivity contribution in [2.24, 2.45) is 0 Å². The summed E-state index contributed by atoms with van der Waals surface area (Å²) in [6, 6.07) is 7.66. The van der Waals surface area contributed by atoms with E-state index in [2.05, 4.69) is 28.6 Å². The molecule has 2 aliphatic heterocycles. The maximum Gasteiger partial charge on any atom is 0.193 e. The lowest BCUT2D eigenvalue weighted by molar-refractivity contribution is 0.271. The number of benzene rings is 1. The highest BCUT2D eigenvalue weighted by molar-refractivity contribution is 7.42. The minimum Gasteiger partial charge on any atom is -0.456 e. The summed E-state index contributed by atoms with van der Waals surface area (Å²) in [5, 5.41) is 0.675. The second-order valence-electron chi connectivity index (χ2n) is 6.51. The van der Waals surface area contributed by atoms with E-state index in [1.807, 2.05) is 24.3 Å². The first-order valence-corrected chi connectivity index (χ1v) is 10.2. The predicted octanol–water partition coefficient (Wildman–Crippen LogP) is 3.52. The van der Waals surface area contributed by atoms with Crippen molar-refractivity contribution in [1.29, 1.82) is 0 Å². The van der Waals surface area contributed by atoms with Crippen LogP contribution in [-0.4, -0.2) is 43.8 Å². The third-order valence-corrected chi connectivity index (χ3v) is 6.03. The topological polar surface area (TPSA) is 36.7 Å². The fourth-order valence-corrected chi connectivity index (χ4v) is 4.31. The Balaban J connectivity index is 1.65. The Morgan fingerprint density at radius 3 is 2.72 bits per heavy atom. The lowest BCUT2D eigenvalue weighted by atomic mass is 10.1. The van der Waals surface area contributed by atoms with E-state index in [4.69, 9.17) is 4.42 Å². The summed E-state index contributed by atoms with van der Waals surface area (Å²) in [4.78, 5) is 17.5. The van der Waals surface area contributed by atoms with Gasteiger partial charge in [-0.25, -0.2) is 0 Å². The van der Waals surface area contributed by atoms with Gasteiger partial charge in [-0.05, 0) is 36.5 Å². The molecule has 130 valence electrons. The number of likely N-dealkylation sites (N-methyl/N-ethyl adjacent to an activating group) is 1. The first kappa shape index (κ1) is 16.6. The molecule has 1 aromatic carbocycles. The molecule has 2 aliphatic rings. The highest BCUT2D eigenvalue weighted by Crippen LogP contribution is 2.30. The normalized spacial score (nSPS) is 19.6. The molecule has 25 heavy (non-hydrogen) atoms. The minimum absolute atomic E-state index is 0.0454. The second-order valence-corrected chi connectivity index (χ2v) is 7.60. The largest absolute Gasteiger partial charge is 0.456 e. The first-order chi connectivity index (χ1) is 12.2. The molecule has 4 nitrogen and oxygen atoms in total. The van der Waals surface area contributed by atoms with Gasteiger partial charge in [-0.15, -0.1) is 0 Å². The zero-order valence-electron chi connectivity index (χ0n) is 14.5. The lowest BCUT2D eigenvalue weighted by Crippen LogP contribution is -2.46. The standard InChI is InChI=1S/C20H23N2O2P/c1-2-21-7-9-22(10-8-21)16-5-6-19-17(12-16)18(23)13-20(24-19)15-4-3-11-25-14-15/h3-6,11-13,25H,2,7-10,14H2,1H3. The van der Waals surface area contributed by atoms with E-state index >= 15 is 0 Å². The number of anilines is 1. The van der Waals surface area contributed by atoms with E-state index in [1.165, 1.54) is 0 Å². The Hall–Kier alpha value is -1.90. The molecule has 0 spiro atoms. The van der Waals surface area contributed by atoms with Gasteiger partial charge in [-0.2, -0.15) is 0 Å². The van der Waals surface area contributed by atoms with Crippen LogP contribution in [-0.2, 0) is 0 Å². The van der Waals surface area contributed by atoms with E-state index in [-0.39, 0.29) is 5.43 Å². The van der Waals surface area contributed by atoms with Gasteiger partial charge in [0.2, 0.25) is 0 Å². The Kier molecular flexibility index (Phi) is 4.74. The summed E-state index contributed by atoms with van der Waals surface area (Å²) in [5.41, 5.74) is 2.95. The van der Waals surface area contributed by atoms with Gasteiger partial charge in [0.25, 0.3) is 0 Å². The maximum atomic E-state index is 12.6. The van der Waals surface area contributed by atoms with Crippen LogP contribution < -0.4 is 10.3 Å². The molecule has 0 N–H and O–H groups in total. The van der Waals surface area contributed by atoms with Crippen LogP contribution in [0.4, 0.5) is 5.69 Å². The van der Waals surface area contributed by atoms with Crippen molar-refractivity contribution in [2.75, 3.05) is 43.8 Å². The molecule has 1 unspecified atom stereocenters. The summed E-state index contributed by atoms with van der Waals surface area (Å²) in [7, 11) is 0.758. The maximum absolute atomic E-state index is 12.6. The van der Waals surface area contributed by atoms with E-state index < -0.39 is 0 Å². The molecule has 0 bridgehead atoms. The Bertz CT molecular complexity index is 892. The van der Waals surface area contributed by atoms with Gasteiger partial charge >= 0.3 is 0 Å². The quantitative estimate of drug-likeness (QED) is 0.791. The fourth-order valence-electron chi connectivity index (χ4n) is 3.45. The van der Waals surface area contributed by atoms with Gasteiger partial charge < -0.3 is 14.2 Å². The Morgan fingerprint density at radius 2 is 2.00 bits per heavy atom. The summed E-state index contributed by atoms with van der Waals surface area (Å²) in [6.45, 7) is 7.46. The molecule has 4 rings (SSSR count). The number of hydrogen-bond donors (Lipinski definition) is 0. The van der Waals surface area contributed by atoms with E-state index in [0.29, 0.717) is 16.7 Å². The molecule has 1 atom stereocenters. The molecule has 0 saturated carbocycles. The van der Waals surface area contributed by atoms with Gasteiger partial charge in [0.15, 0.2) is 5.43 Å². The van der Waals surface area contributed by atoms with Crippen molar-refractivity contribution in [3.63, 3.8) is 0 Å². The van der Waals surface area contributed by atoms with Crippen LogP contribution in [0.2, 0.25) is 0 Å². The molecular weight excluding hydrogens is 331 g/mol. The average molecular weight is 354 g/mol. The van der Waals surface area contributed by atoms with Crippen molar-refractivity contribution in [3.8, 4) is 0 Å². The van der Waals surface area contributed by atoms with Crippen molar-refractivity contribution in [1.82, 2.24) is 4.90 Å². The summed E-state index contributed by atoms with van der Waals surface area (Å²) in [5.74, 6) is 2.87. The Morgan fingerprint density at radius 1 is 1.16 bits per heavy atom. The molecule has 2 aromatic rings. The SMILES string of the molecule is CCN1CCN(c2ccc3oc(C4=CC=CPC4)cc(=O)c3c2)CC1. The van der Waals surface area contributed by atoms with Crippen LogP contribution in [0.3, 0.4) is 0 Å². The molecule has 1 fully saturated rings. The molecule has 1 aromatic heterocycles. The Labute approximate surface area is 149 Å². The zero-order valence-corrected chi connectivity index (χ0v) is 15.5. The summed E-state index contributed by atoms with van der Waals surface area (Å²) in [6.07, 6.45) is 5.04. The molecule has 5 heteroatoms. The third-order valence-electron chi connectivity index (χ3n) is 5.02. The van der Waals surface area contributed by atoms with Crippen LogP contribution in [0.25, 0.3) is 16.5 Å². The van der Waals surface area contributed by atoms with Gasteiger partial charge in [0, 0.05) is 37.9 Å². The molecule has 0 amide bonds. The number of fused-ring (bicyclic) bond motifs is 1. The first-order valence-electron chi connectivity index (χ1n) is 8.89. The van der Waals surface area contributed by atoms with Crippen molar-refractivity contribution in [3.05, 3.63) is 58.2 Å². The number of piperazine rings is 1. The number of hydrogen-bond acceptors (Lipinski definition) is 4. The van der Waals surface area contributed by atoms with Crippen molar-refractivity contribution in [2.45, 2.75) is 6.92 Å². The average Bonchev–Trinajstić information content (AvgIpc) is 2.68. The lowest BCUT2D eigenvalue weighted by Gasteiger charge is -2.35. The third kappa shape index (κ3) is 3.42. The van der Waals surface area contributed by atoms with Crippen LogP contribution in [0.5, 0.6) is 0 Å². The number of rotatable bonds is 3. The van der Waals surface area contributed by atoms with Crippen molar-refractivity contribution < 1.29 is 4.42 Å². The van der Waals surface area contributed by atoms with E-state index in [1.54, 1.807) is 6.07 Å². The smallest absolute Gasteiger partial charge is 0.193 e. The number of nitrogens with zero attached hydrogens (tertiary/aromatic N) is 2. The number of allylic oxidation sites excluding steroid dienone is 3. The second kappa shape index (κ2) is 7.15. The van der Waals surface area contributed by atoms with Gasteiger partial charge in [-0.1, -0.05) is 33.5 Å². The molecule has 1 saturated heterocycles. The highest BCUT2D eigenvalue weighted by Gasteiger charge is 2.17. The summed E-state index contributed by atoms with van der Waals surface area (Å²) >= 11 is 0. The zero-order chi connectivity index (χ0) is 17.2. The van der Waals surface area contributed by atoms with Crippen molar-refractivity contribution >= 4 is 30.8 Å². The fraction of sp³-hybridized carbons (Fsp3) is 0.350. The highest BCUT2D eigenvalue weighted by atomic mass is 31.1. The predicted molar refractivity (Wildman–Crippen MR) is 107 cm³/mol. The molecule has 0 aliphatic carbocycles. The van der Waals surface area contributed by atoms with Crippen LogP contribution in [0, 0.1) is 0 Å². The van der Waals surface area contributed by atoms with Gasteiger partial charge in [0.1, 0.15) is 11.3 Å². The monoisotopic (exact) mass is 354 g/mol. The van der Waals surface area contributed by atoms with E-state index in [9.17, 15) is 4.79 Å². The van der Waals surface area contributed by atoms with E-state index in [0.717, 1.165) is 58.7 Å². The van der Waals surface area contributed by atoms with Crippen LogP contribution in [0.1, 0.15) is 12.7 Å². The molecular formula is C20H23N2O2P. The summed E-state index contributed by atoms with van der Waals surface area (Å²) < 4.78 is 6.03. The van der Waals surface area contributed by atoms with Crippen LogP contribution in [0.15, 0.2) is 51.4 Å². The molecule has 3 heterocycles. The van der Waals surface area contributed by atoms with Crippen LogP contribution >= 0.6 is 8.58 Å². The minimum atomic E-state index is 0.0454. The molecule has 0 radical (unpaired) electrons. The van der Waals surface area contributed by atoms with Gasteiger partial charge in [-0.3, -0.25) is 4.79 Å². The van der Waals surface area contributed by atoms with Gasteiger partial charge in [0.05, 0.1) is 5.39 Å².